The van der Waals surface area contributed by atoms with Crippen LogP contribution < -0.4 is 9.62 Å². The second-order valence-electron chi connectivity index (χ2n) is 11.3. The van der Waals surface area contributed by atoms with E-state index < -0.39 is 33.7 Å². The van der Waals surface area contributed by atoms with E-state index in [9.17, 15) is 31.2 Å². The molecule has 0 spiro atoms. The summed E-state index contributed by atoms with van der Waals surface area (Å²) in [5, 5.41) is 3.55. The minimum Gasteiger partial charge on any atom is -0.352 e. The van der Waals surface area contributed by atoms with Crippen LogP contribution in [0.15, 0.2) is 78.9 Å². The first kappa shape index (κ1) is 34.3. The predicted molar refractivity (Wildman–Crippen MR) is 169 cm³/mol. The van der Waals surface area contributed by atoms with Crippen LogP contribution in [0.2, 0.25) is 5.02 Å². The van der Waals surface area contributed by atoms with E-state index in [-0.39, 0.29) is 50.0 Å². The number of rotatable bonds is 13. The number of nitrogens with zero attached hydrogens (tertiary/aromatic N) is 2. The van der Waals surface area contributed by atoms with Crippen molar-refractivity contribution in [3.05, 3.63) is 101 Å². The van der Waals surface area contributed by atoms with Gasteiger partial charge in [-0.15, -0.1) is 0 Å². The summed E-state index contributed by atoms with van der Waals surface area (Å²) >= 11 is 6.47. The number of hydrogen-bond acceptors (Lipinski definition) is 4. The molecule has 0 heterocycles. The Labute approximate surface area is 267 Å². The molecule has 2 amide bonds. The Morgan fingerprint density at radius 1 is 0.978 bits per heavy atom. The van der Waals surface area contributed by atoms with Gasteiger partial charge in [-0.25, -0.2) is 8.42 Å². The molecule has 0 aliphatic heterocycles. The number of anilines is 1. The van der Waals surface area contributed by atoms with Crippen LogP contribution in [-0.2, 0) is 38.8 Å². The highest BCUT2D eigenvalue weighted by molar-refractivity contribution is 7.92. The molecular formula is C33H37ClF3N3O4S. The van der Waals surface area contributed by atoms with Gasteiger partial charge in [0.05, 0.1) is 17.5 Å². The fraction of sp³-hybridized carbons (Fsp3) is 0.394. The molecule has 0 aromatic heterocycles. The van der Waals surface area contributed by atoms with Crippen LogP contribution in [0.5, 0.6) is 0 Å². The first-order valence-electron chi connectivity index (χ1n) is 14.8. The fourth-order valence-corrected chi connectivity index (χ4v) is 6.73. The molecule has 1 N–H and O–H groups in total. The highest BCUT2D eigenvalue weighted by atomic mass is 35.5. The van der Waals surface area contributed by atoms with Gasteiger partial charge in [0.15, 0.2) is 0 Å². The zero-order chi connectivity index (χ0) is 32.6. The molecule has 242 valence electrons. The van der Waals surface area contributed by atoms with E-state index in [1.54, 1.807) is 24.3 Å². The third-order valence-electron chi connectivity index (χ3n) is 7.88. The average Bonchev–Trinajstić information content (AvgIpc) is 3.50. The van der Waals surface area contributed by atoms with Crippen LogP contribution >= 0.6 is 11.6 Å². The van der Waals surface area contributed by atoms with Gasteiger partial charge < -0.3 is 10.2 Å². The number of alkyl halides is 3. The lowest BCUT2D eigenvalue weighted by Gasteiger charge is -2.33. The molecule has 12 heteroatoms. The maximum atomic E-state index is 14.0. The van der Waals surface area contributed by atoms with Crippen molar-refractivity contribution in [2.45, 2.75) is 69.8 Å². The third kappa shape index (κ3) is 9.71. The van der Waals surface area contributed by atoms with Gasteiger partial charge >= 0.3 is 6.18 Å². The number of nitrogens with one attached hydrogen (secondary N) is 1. The number of carbonyl (C=O) groups is 2. The minimum absolute atomic E-state index is 0.00344. The van der Waals surface area contributed by atoms with Gasteiger partial charge in [0.1, 0.15) is 6.04 Å². The summed E-state index contributed by atoms with van der Waals surface area (Å²) in [5.41, 5.74) is 0.369. The molecule has 0 unspecified atom stereocenters. The highest BCUT2D eigenvalue weighted by Crippen LogP contribution is 2.32. The van der Waals surface area contributed by atoms with E-state index in [1.807, 2.05) is 30.3 Å². The van der Waals surface area contributed by atoms with Crippen LogP contribution in [-0.4, -0.2) is 50.0 Å². The zero-order valence-electron chi connectivity index (χ0n) is 25.0. The summed E-state index contributed by atoms with van der Waals surface area (Å²) in [7, 11) is -3.98. The standard InChI is InChI=1S/C33H37ClF3N3O4S/c1-45(43,44)40(28-17-9-14-26(22-28)33(35,36)37)20-10-19-31(41)39(23-25-13-5-8-18-29(25)34)30(21-24-11-3-2-4-12-24)32(42)38-27-15-6-7-16-27/h2-5,8-9,11-14,17-18,22,27,30H,6-7,10,15-16,19-21,23H2,1H3,(H,38,42)/t30-/m0/s1. The molecule has 3 aromatic rings. The molecule has 1 aliphatic carbocycles. The fourth-order valence-electron chi connectivity index (χ4n) is 5.57. The normalized spacial score (nSPS) is 14.6. The average molecular weight is 664 g/mol. The SMILES string of the molecule is CS(=O)(=O)N(CCCC(=O)N(Cc1ccccc1Cl)[C@@H](Cc1ccccc1)C(=O)NC1CCCC1)c1cccc(C(F)(F)F)c1. The highest BCUT2D eigenvalue weighted by Gasteiger charge is 2.34. The predicted octanol–water partition coefficient (Wildman–Crippen LogP) is 6.60. The van der Waals surface area contributed by atoms with Crippen LogP contribution in [0, 0.1) is 0 Å². The Balaban J connectivity index is 1.60. The van der Waals surface area contributed by atoms with Crippen molar-refractivity contribution < 1.29 is 31.2 Å². The molecule has 7 nitrogen and oxygen atoms in total. The summed E-state index contributed by atoms with van der Waals surface area (Å²) in [5.74, 6) is -0.692. The summed E-state index contributed by atoms with van der Waals surface area (Å²) in [4.78, 5) is 29.3. The molecule has 45 heavy (non-hydrogen) atoms. The molecule has 0 radical (unpaired) electrons. The Morgan fingerprint density at radius 3 is 2.29 bits per heavy atom. The lowest BCUT2D eigenvalue weighted by atomic mass is 10.0. The van der Waals surface area contributed by atoms with Crippen LogP contribution in [0.3, 0.4) is 0 Å². The molecule has 1 atom stereocenters. The Morgan fingerprint density at radius 2 is 1.64 bits per heavy atom. The van der Waals surface area contributed by atoms with Crippen molar-refractivity contribution >= 4 is 39.1 Å². The Bertz CT molecular complexity index is 1560. The molecule has 4 rings (SSSR count). The van der Waals surface area contributed by atoms with Gasteiger partial charge in [0.2, 0.25) is 21.8 Å². The molecule has 1 fully saturated rings. The van der Waals surface area contributed by atoms with Crippen LogP contribution in [0.4, 0.5) is 18.9 Å². The number of sulfonamides is 1. The maximum Gasteiger partial charge on any atom is 0.416 e. The van der Waals surface area contributed by atoms with Gasteiger partial charge in [-0.2, -0.15) is 13.2 Å². The van der Waals surface area contributed by atoms with E-state index in [4.69, 9.17) is 11.6 Å². The van der Waals surface area contributed by atoms with Crippen molar-refractivity contribution in [3.63, 3.8) is 0 Å². The van der Waals surface area contributed by atoms with E-state index in [0.717, 1.165) is 60.0 Å². The van der Waals surface area contributed by atoms with Gasteiger partial charge in [-0.05, 0) is 54.7 Å². The number of hydrogen-bond donors (Lipinski definition) is 1. The summed E-state index contributed by atoms with van der Waals surface area (Å²) in [6.07, 6.45) is 0.0935. The zero-order valence-corrected chi connectivity index (χ0v) is 26.5. The minimum atomic E-state index is -4.65. The van der Waals surface area contributed by atoms with E-state index in [0.29, 0.717) is 10.6 Å². The van der Waals surface area contributed by atoms with Crippen molar-refractivity contribution in [1.82, 2.24) is 10.2 Å². The van der Waals surface area contributed by atoms with Crippen molar-refractivity contribution in [1.29, 1.82) is 0 Å². The first-order chi connectivity index (χ1) is 21.3. The van der Waals surface area contributed by atoms with E-state index in [1.165, 1.54) is 11.0 Å². The smallest absolute Gasteiger partial charge is 0.352 e. The van der Waals surface area contributed by atoms with Gasteiger partial charge in [-0.3, -0.25) is 13.9 Å². The number of carbonyl (C=O) groups excluding carboxylic acids is 2. The largest absolute Gasteiger partial charge is 0.416 e. The van der Waals surface area contributed by atoms with Crippen molar-refractivity contribution in [2.75, 3.05) is 17.1 Å². The molecule has 3 aromatic carbocycles. The van der Waals surface area contributed by atoms with Gasteiger partial charge in [0, 0.05) is 37.0 Å². The molecule has 1 aliphatic rings. The topological polar surface area (TPSA) is 86.8 Å². The van der Waals surface area contributed by atoms with Gasteiger partial charge in [-0.1, -0.05) is 79.0 Å². The lowest BCUT2D eigenvalue weighted by molar-refractivity contribution is -0.141. The van der Waals surface area contributed by atoms with Crippen molar-refractivity contribution in [3.8, 4) is 0 Å². The maximum absolute atomic E-state index is 14.0. The first-order valence-corrected chi connectivity index (χ1v) is 17.1. The summed E-state index contributed by atoms with van der Waals surface area (Å²) in [6.45, 7) is -0.194. The lowest BCUT2D eigenvalue weighted by Crippen LogP contribution is -2.52. The second-order valence-corrected chi connectivity index (χ2v) is 13.6. The summed E-state index contributed by atoms with van der Waals surface area (Å²) < 4.78 is 66.2. The monoisotopic (exact) mass is 663 g/mol. The second kappa shape index (κ2) is 15.1. The van der Waals surface area contributed by atoms with Crippen LogP contribution in [0.25, 0.3) is 0 Å². The third-order valence-corrected chi connectivity index (χ3v) is 9.45. The number of amides is 2. The van der Waals surface area contributed by atoms with E-state index in [2.05, 4.69) is 5.32 Å². The number of benzene rings is 3. The molecule has 0 bridgehead atoms. The Kier molecular flexibility index (Phi) is 11.5. The Hall–Kier alpha value is -3.57. The number of halogens is 4. The molecule has 1 saturated carbocycles. The quantitative estimate of drug-likeness (QED) is 0.223. The summed E-state index contributed by atoms with van der Waals surface area (Å²) in [6, 6.07) is 19.6. The molecule has 0 saturated heterocycles. The van der Waals surface area contributed by atoms with Crippen molar-refractivity contribution in [2.24, 2.45) is 0 Å². The van der Waals surface area contributed by atoms with Gasteiger partial charge in [0.25, 0.3) is 0 Å². The molecular weight excluding hydrogens is 627 g/mol. The van der Waals surface area contributed by atoms with Crippen LogP contribution in [0.1, 0.15) is 55.2 Å². The van der Waals surface area contributed by atoms with E-state index >= 15 is 0 Å².